The third-order valence-electron chi connectivity index (χ3n) is 9.26. The van der Waals surface area contributed by atoms with Gasteiger partial charge < -0.3 is 10.2 Å². The van der Waals surface area contributed by atoms with Crippen LogP contribution in [0, 0.1) is 17.1 Å². The quantitative estimate of drug-likeness (QED) is 0.206. The van der Waals surface area contributed by atoms with E-state index in [0.717, 1.165) is 27.7 Å². The van der Waals surface area contributed by atoms with Crippen molar-refractivity contribution in [1.29, 1.82) is 5.26 Å². The Hall–Kier alpha value is -6.16. The Morgan fingerprint density at radius 1 is 1.11 bits per heavy atom. The predicted octanol–water partition coefficient (Wildman–Crippen LogP) is 4.22. The summed E-state index contributed by atoms with van der Waals surface area (Å²) < 4.78 is 65.0. The highest BCUT2D eigenvalue weighted by molar-refractivity contribution is 7.03. The molecule has 0 unspecified atom stereocenters. The van der Waals surface area contributed by atoms with Crippen LogP contribution in [0.5, 0.6) is 0 Å². The van der Waals surface area contributed by atoms with E-state index in [9.17, 15) is 32.8 Å². The van der Waals surface area contributed by atoms with Gasteiger partial charge in [-0.05, 0) is 61.2 Å². The minimum Gasteiger partial charge on any atom is -0.348 e. The van der Waals surface area contributed by atoms with Gasteiger partial charge in [0.2, 0.25) is 5.91 Å². The van der Waals surface area contributed by atoms with Crippen molar-refractivity contribution in [1.82, 2.24) is 48.9 Å². The molecule has 2 N–H and O–H groups in total. The molecular weight excluding hydrogens is 731 g/mol. The standard InChI is InChI=1S/C35H31F4N11O3S/c1-34(2,17-50-26(30-43-33(53)54-46-30)12-28(45-50)35(37,38)39)44-31(51)27(9-18-14-41-47(3)16-18)49-8-7-22-21(5-6-24(36)29(22)32(49)52)23-10-20-15-42-48(4)25(20)11-19(23)13-40/h5-6,10-12,14-16,27H,7-9,17H2,1-4H3,(H,44,51)(H,43,46,53)/t27-/m1/s1. The Bertz CT molecular complexity index is 2550. The topological polar surface area (TPSA) is 172 Å². The van der Waals surface area contributed by atoms with Gasteiger partial charge in [-0.1, -0.05) is 6.07 Å². The number of carbonyl (C=O) groups excluding carboxylic acids is 2. The number of nitrogens with zero attached hydrogens (tertiary/aromatic N) is 9. The van der Waals surface area contributed by atoms with E-state index in [0.29, 0.717) is 39.3 Å². The zero-order valence-electron chi connectivity index (χ0n) is 29.2. The first-order chi connectivity index (χ1) is 25.5. The number of rotatable bonds is 9. The smallest absolute Gasteiger partial charge is 0.348 e. The summed E-state index contributed by atoms with van der Waals surface area (Å²) >= 11 is 0.533. The van der Waals surface area contributed by atoms with Crippen LogP contribution in [0.1, 0.15) is 46.6 Å². The first-order valence-corrected chi connectivity index (χ1v) is 17.3. The summed E-state index contributed by atoms with van der Waals surface area (Å²) in [5.41, 5.74) is 0.203. The molecule has 0 bridgehead atoms. The lowest BCUT2D eigenvalue weighted by Crippen LogP contribution is -2.58. The fraction of sp³-hybridized carbons (Fsp3) is 0.314. The van der Waals surface area contributed by atoms with Crippen LogP contribution in [0.3, 0.4) is 0 Å². The van der Waals surface area contributed by atoms with Gasteiger partial charge in [-0.25, -0.2) is 4.39 Å². The highest BCUT2D eigenvalue weighted by atomic mass is 32.1. The van der Waals surface area contributed by atoms with Gasteiger partial charge in [-0.2, -0.15) is 38.1 Å². The third kappa shape index (κ3) is 6.75. The summed E-state index contributed by atoms with van der Waals surface area (Å²) in [6.07, 6.45) is 0.183. The van der Waals surface area contributed by atoms with Gasteiger partial charge in [0.1, 0.15) is 17.6 Å². The van der Waals surface area contributed by atoms with Crippen LogP contribution in [0.15, 0.2) is 53.7 Å². The summed E-state index contributed by atoms with van der Waals surface area (Å²) in [6, 6.07) is 7.92. The van der Waals surface area contributed by atoms with Crippen LogP contribution in [-0.4, -0.2) is 73.5 Å². The summed E-state index contributed by atoms with van der Waals surface area (Å²) in [4.78, 5) is 43.5. The molecule has 1 aliphatic heterocycles. The molecule has 2 amide bonds. The van der Waals surface area contributed by atoms with Crippen molar-refractivity contribution >= 4 is 34.2 Å². The summed E-state index contributed by atoms with van der Waals surface area (Å²) in [5.74, 6) is -2.31. The number of aromatic nitrogens is 8. The van der Waals surface area contributed by atoms with Crippen molar-refractivity contribution in [2.24, 2.45) is 14.1 Å². The molecule has 0 spiro atoms. The van der Waals surface area contributed by atoms with Crippen molar-refractivity contribution in [3.05, 3.63) is 92.4 Å². The minimum atomic E-state index is -4.81. The molecule has 6 aromatic rings. The number of nitriles is 1. The minimum absolute atomic E-state index is 0.00746. The Morgan fingerprint density at radius 3 is 2.56 bits per heavy atom. The zero-order valence-corrected chi connectivity index (χ0v) is 30.0. The molecule has 0 fully saturated rings. The highest BCUT2D eigenvalue weighted by Gasteiger charge is 2.40. The van der Waals surface area contributed by atoms with Crippen molar-refractivity contribution in [2.75, 3.05) is 6.54 Å². The highest BCUT2D eigenvalue weighted by Crippen LogP contribution is 2.37. The number of halogens is 4. The lowest BCUT2D eigenvalue weighted by atomic mass is 9.87. The van der Waals surface area contributed by atoms with E-state index in [1.807, 2.05) is 0 Å². The molecule has 0 aliphatic carbocycles. The summed E-state index contributed by atoms with van der Waals surface area (Å²) in [6.45, 7) is 2.85. The number of fused-ring (bicyclic) bond motifs is 2. The van der Waals surface area contributed by atoms with Crippen molar-refractivity contribution in [3.8, 4) is 28.7 Å². The van der Waals surface area contributed by atoms with Crippen LogP contribution in [-0.2, 0) is 44.5 Å². The summed E-state index contributed by atoms with van der Waals surface area (Å²) in [5, 5.41) is 25.8. The molecule has 0 saturated heterocycles. The average molecular weight is 762 g/mol. The van der Waals surface area contributed by atoms with E-state index in [2.05, 4.69) is 36.0 Å². The van der Waals surface area contributed by atoms with Gasteiger partial charge >= 0.3 is 11.0 Å². The number of carbonyl (C=O) groups is 2. The van der Waals surface area contributed by atoms with Gasteiger partial charge in [0.25, 0.3) is 5.91 Å². The molecule has 7 rings (SSSR count). The van der Waals surface area contributed by atoms with Gasteiger partial charge in [0.05, 0.1) is 47.2 Å². The number of hydrogen-bond donors (Lipinski definition) is 2. The molecule has 5 heterocycles. The second-order valence-corrected chi connectivity index (χ2v) is 14.4. The zero-order chi connectivity index (χ0) is 38.7. The maximum atomic E-state index is 15.7. The normalized spacial score (nSPS) is 14.0. The molecule has 54 heavy (non-hydrogen) atoms. The number of benzene rings is 2. The fourth-order valence-electron chi connectivity index (χ4n) is 6.83. The van der Waals surface area contributed by atoms with E-state index < -0.39 is 46.0 Å². The maximum Gasteiger partial charge on any atom is 0.435 e. The van der Waals surface area contributed by atoms with Crippen LogP contribution in [0.4, 0.5) is 17.6 Å². The molecule has 4 aromatic heterocycles. The van der Waals surface area contributed by atoms with E-state index >= 15 is 4.39 Å². The Morgan fingerprint density at radius 2 is 1.89 bits per heavy atom. The molecule has 278 valence electrons. The van der Waals surface area contributed by atoms with E-state index in [1.54, 1.807) is 57.2 Å². The van der Waals surface area contributed by atoms with Crippen molar-refractivity contribution in [3.63, 3.8) is 0 Å². The Balaban J connectivity index is 1.22. The number of amides is 2. The predicted molar refractivity (Wildman–Crippen MR) is 187 cm³/mol. The number of hydrogen-bond acceptors (Lipinski definition) is 9. The number of nitrogens with one attached hydrogen (secondary N) is 2. The molecule has 19 heteroatoms. The largest absolute Gasteiger partial charge is 0.435 e. The molecule has 1 atom stereocenters. The SMILES string of the molecule is Cn1cc(C[C@H](C(=O)NC(C)(C)Cn2nc(C(F)(F)F)cc2-c2nsc(=O)[nH]2)N2CCc3c(-c4cc5cnn(C)c5cc4C#N)ccc(F)c3C2=O)cn1. The Labute approximate surface area is 307 Å². The molecule has 1 aliphatic rings. The number of alkyl halides is 3. The number of aryl methyl sites for hydroxylation is 2. The lowest BCUT2D eigenvalue weighted by Gasteiger charge is -2.37. The van der Waals surface area contributed by atoms with Crippen molar-refractivity contribution < 1.29 is 27.2 Å². The fourth-order valence-corrected chi connectivity index (χ4v) is 7.29. The van der Waals surface area contributed by atoms with E-state index in [-0.39, 0.29) is 43.0 Å². The molecule has 14 nitrogen and oxygen atoms in total. The number of aromatic amines is 1. The second kappa shape index (κ2) is 13.4. The van der Waals surface area contributed by atoms with Crippen LogP contribution >= 0.6 is 11.5 Å². The molecule has 0 radical (unpaired) electrons. The lowest BCUT2D eigenvalue weighted by molar-refractivity contribution is -0.141. The van der Waals surface area contributed by atoms with Crippen LogP contribution in [0.25, 0.3) is 33.5 Å². The maximum absolute atomic E-state index is 15.7. The first-order valence-electron chi connectivity index (χ1n) is 16.5. The monoisotopic (exact) mass is 761 g/mol. The van der Waals surface area contributed by atoms with Crippen LogP contribution in [0.2, 0.25) is 0 Å². The van der Waals surface area contributed by atoms with Crippen LogP contribution < -0.4 is 10.2 Å². The van der Waals surface area contributed by atoms with Gasteiger partial charge in [0, 0.05) is 55.7 Å². The van der Waals surface area contributed by atoms with Gasteiger partial charge in [-0.3, -0.25) is 33.4 Å². The summed E-state index contributed by atoms with van der Waals surface area (Å²) in [7, 11) is 3.44. The van der Waals surface area contributed by atoms with E-state index in [4.69, 9.17) is 0 Å². The first kappa shape index (κ1) is 36.2. The third-order valence-corrected chi connectivity index (χ3v) is 9.80. The van der Waals surface area contributed by atoms with Gasteiger partial charge in [-0.15, -0.1) is 0 Å². The number of H-pyrrole nitrogens is 1. The van der Waals surface area contributed by atoms with Crippen molar-refractivity contribution in [2.45, 2.75) is 51.0 Å². The molecule has 0 saturated carbocycles. The Kier molecular flexibility index (Phi) is 8.96. The van der Waals surface area contributed by atoms with Gasteiger partial charge in [0.15, 0.2) is 11.5 Å². The molecule has 2 aromatic carbocycles. The van der Waals surface area contributed by atoms with E-state index in [1.165, 1.54) is 21.8 Å². The average Bonchev–Trinajstić information content (AvgIpc) is 3.91. The molecular formula is C35H31F4N11O3S. The second-order valence-electron chi connectivity index (χ2n) is 13.7.